The van der Waals surface area contributed by atoms with E-state index in [1.54, 1.807) is 24.3 Å². The summed E-state index contributed by atoms with van der Waals surface area (Å²) in [4.78, 5) is 42.5. The highest BCUT2D eigenvalue weighted by Gasteiger charge is 2.53. The minimum atomic E-state index is -1.05. The molecule has 1 aromatic rings. The summed E-state index contributed by atoms with van der Waals surface area (Å²) in [5.41, 5.74) is 0. The van der Waals surface area contributed by atoms with Gasteiger partial charge in [0.05, 0.1) is 0 Å². The van der Waals surface area contributed by atoms with Gasteiger partial charge in [-0.25, -0.2) is 9.37 Å². The van der Waals surface area contributed by atoms with E-state index in [0.717, 1.165) is 16.7 Å². The fourth-order valence-electron chi connectivity index (χ4n) is 3.00. The molecule has 30 heavy (non-hydrogen) atoms. The highest BCUT2D eigenvalue weighted by atomic mass is 35.5. The maximum absolute atomic E-state index is 12.7. The van der Waals surface area contributed by atoms with E-state index < -0.39 is 30.1 Å². The Kier molecular flexibility index (Phi) is 6.64. The SMILES string of the molecule is CN1C(=O)C2C(=NC(SCC(=O)O)=[N+]2CC(O)COc2ccc(Cl)cc2)N(C)C1=O. The van der Waals surface area contributed by atoms with Crippen molar-refractivity contribution < 1.29 is 33.9 Å². The molecule has 3 amide bonds. The molecule has 12 heteroatoms. The van der Waals surface area contributed by atoms with E-state index in [1.807, 2.05) is 0 Å². The van der Waals surface area contributed by atoms with Crippen LogP contribution in [0.25, 0.3) is 0 Å². The Bertz CT molecular complexity index is 935. The Balaban J connectivity index is 1.78. The molecule has 0 spiro atoms. The molecule has 2 atom stereocenters. The van der Waals surface area contributed by atoms with Crippen molar-refractivity contribution >= 4 is 52.3 Å². The maximum Gasteiger partial charge on any atom is 0.358 e. The number of aliphatic hydroxyl groups is 1. The summed E-state index contributed by atoms with van der Waals surface area (Å²) in [5.74, 6) is -1.13. The molecule has 0 aromatic heterocycles. The van der Waals surface area contributed by atoms with Crippen LogP contribution in [0.4, 0.5) is 4.79 Å². The monoisotopic (exact) mass is 455 g/mol. The zero-order valence-corrected chi connectivity index (χ0v) is 17.8. The van der Waals surface area contributed by atoms with E-state index in [-0.39, 0.29) is 29.9 Å². The van der Waals surface area contributed by atoms with Gasteiger partial charge in [-0.1, -0.05) is 11.6 Å². The minimum Gasteiger partial charge on any atom is -0.491 e. The van der Waals surface area contributed by atoms with Crippen molar-refractivity contribution in [2.24, 2.45) is 4.99 Å². The van der Waals surface area contributed by atoms with Crippen molar-refractivity contribution in [1.82, 2.24) is 9.80 Å². The summed E-state index contributed by atoms with van der Waals surface area (Å²) >= 11 is 6.74. The molecular weight excluding hydrogens is 436 g/mol. The summed E-state index contributed by atoms with van der Waals surface area (Å²) in [6, 6.07) is 5.16. The Hall–Kier alpha value is -2.63. The molecule has 0 saturated carbocycles. The van der Waals surface area contributed by atoms with Gasteiger partial charge >= 0.3 is 17.2 Å². The van der Waals surface area contributed by atoms with E-state index >= 15 is 0 Å². The number of rotatable bonds is 7. The highest BCUT2D eigenvalue weighted by Crippen LogP contribution is 2.23. The van der Waals surface area contributed by atoms with Gasteiger partial charge in [-0.3, -0.25) is 19.4 Å². The molecule has 1 fully saturated rings. The van der Waals surface area contributed by atoms with Crippen LogP contribution < -0.4 is 4.74 Å². The Morgan fingerprint density at radius 3 is 2.60 bits per heavy atom. The first-order chi connectivity index (χ1) is 14.2. The van der Waals surface area contributed by atoms with Gasteiger partial charge in [-0.05, 0) is 41.0 Å². The number of carboxylic acids is 1. The number of carbonyl (C=O) groups is 3. The number of urea groups is 1. The molecule has 1 aromatic carbocycles. The lowest BCUT2D eigenvalue weighted by molar-refractivity contribution is -0.541. The summed E-state index contributed by atoms with van der Waals surface area (Å²) in [6.07, 6.45) is -1.02. The second-order valence-corrected chi connectivity index (χ2v) is 8.03. The normalized spacial score (nSPS) is 19.7. The van der Waals surface area contributed by atoms with E-state index in [0.29, 0.717) is 10.8 Å². The molecule has 2 unspecified atom stereocenters. The number of hydrogen-bond acceptors (Lipinski definition) is 7. The number of imide groups is 1. The molecule has 2 N–H and O–H groups in total. The van der Waals surface area contributed by atoms with Crippen molar-refractivity contribution in [1.29, 1.82) is 0 Å². The van der Waals surface area contributed by atoms with Crippen molar-refractivity contribution in [3.63, 3.8) is 0 Å². The zero-order valence-electron chi connectivity index (χ0n) is 16.2. The molecule has 10 nitrogen and oxygen atoms in total. The van der Waals surface area contributed by atoms with E-state index in [9.17, 15) is 19.5 Å². The molecule has 2 aliphatic rings. The fourth-order valence-corrected chi connectivity index (χ4v) is 3.89. The molecule has 160 valence electrons. The largest absolute Gasteiger partial charge is 0.491 e. The number of aliphatic hydroxyl groups excluding tert-OH is 1. The third-order valence-corrected chi connectivity index (χ3v) is 5.71. The van der Waals surface area contributed by atoms with Crippen molar-refractivity contribution in [3.8, 4) is 5.75 Å². The Morgan fingerprint density at radius 1 is 1.30 bits per heavy atom. The van der Waals surface area contributed by atoms with Crippen molar-refractivity contribution in [3.05, 3.63) is 29.3 Å². The number of amides is 3. The van der Waals surface area contributed by atoms with Crippen LogP contribution in [0.5, 0.6) is 5.75 Å². The lowest BCUT2D eigenvalue weighted by Crippen LogP contribution is -2.62. The first-order valence-corrected chi connectivity index (χ1v) is 10.2. The number of carbonyl (C=O) groups excluding carboxylic acids is 2. The van der Waals surface area contributed by atoms with Gasteiger partial charge in [-0.15, -0.1) is 0 Å². The van der Waals surface area contributed by atoms with Crippen LogP contribution >= 0.6 is 23.4 Å². The number of halogens is 1. The number of fused-ring (bicyclic) bond motifs is 1. The van der Waals surface area contributed by atoms with Gasteiger partial charge in [-0.2, -0.15) is 0 Å². The summed E-state index contributed by atoms with van der Waals surface area (Å²) in [7, 11) is 2.85. The van der Waals surface area contributed by atoms with Crippen LogP contribution in [0, 0.1) is 0 Å². The minimum absolute atomic E-state index is 0.0468. The molecule has 0 radical (unpaired) electrons. The van der Waals surface area contributed by atoms with E-state index in [1.165, 1.54) is 23.6 Å². The highest BCUT2D eigenvalue weighted by molar-refractivity contribution is 8.14. The number of hydrogen-bond donors (Lipinski definition) is 2. The number of amidine groups is 2. The second-order valence-electron chi connectivity index (χ2n) is 6.65. The number of likely N-dealkylation sites (N-methyl/N-ethyl adjacent to an activating group) is 2. The van der Waals surface area contributed by atoms with Gasteiger partial charge in [0.2, 0.25) is 0 Å². The van der Waals surface area contributed by atoms with Crippen LogP contribution in [0.15, 0.2) is 29.3 Å². The number of ether oxygens (including phenoxy) is 1. The first-order valence-electron chi connectivity index (χ1n) is 8.87. The maximum atomic E-state index is 12.7. The van der Waals surface area contributed by atoms with Gasteiger partial charge in [0.1, 0.15) is 30.8 Å². The lowest BCUT2D eigenvalue weighted by Gasteiger charge is -2.31. The van der Waals surface area contributed by atoms with Gasteiger partial charge in [0.25, 0.3) is 17.8 Å². The number of thioether (sulfide) groups is 1. The number of β-amino-alcohol motifs (C(OH)–C–C–N with tert-alkyl or cyclic N) is 1. The quantitative estimate of drug-likeness (QED) is 0.576. The molecule has 3 rings (SSSR count). The lowest BCUT2D eigenvalue weighted by atomic mass is 10.1. The Morgan fingerprint density at radius 2 is 1.97 bits per heavy atom. The molecular formula is C18H20ClN4O6S+. The van der Waals surface area contributed by atoms with Crippen molar-refractivity contribution in [2.75, 3.05) is 33.0 Å². The average Bonchev–Trinajstić information content (AvgIpc) is 3.07. The standard InChI is InChI=1S/C18H19ClN4O6S/c1-21-15-14(16(27)22(2)18(21)28)23(17(20-15)30-9-13(25)26)7-11(24)8-29-12-5-3-10(19)4-6-12/h3-6,11,14,24H,7-9H2,1-2H3/p+1. The third kappa shape index (κ3) is 4.58. The number of benzene rings is 1. The smallest absolute Gasteiger partial charge is 0.358 e. The molecule has 0 bridgehead atoms. The second kappa shape index (κ2) is 9.02. The number of carboxylic acid groups (broad SMARTS) is 1. The molecule has 2 aliphatic heterocycles. The first kappa shape index (κ1) is 22.1. The predicted octanol–water partition coefficient (Wildman–Crippen LogP) is 0.571. The van der Waals surface area contributed by atoms with Crippen LogP contribution in [-0.2, 0) is 9.59 Å². The number of nitrogens with zero attached hydrogens (tertiary/aromatic N) is 4. The molecule has 1 saturated heterocycles. The number of aliphatic carboxylic acids is 1. The van der Waals surface area contributed by atoms with Crippen LogP contribution in [0.3, 0.4) is 0 Å². The third-order valence-electron chi connectivity index (χ3n) is 4.48. The molecule has 0 aliphatic carbocycles. The van der Waals surface area contributed by atoms with Crippen LogP contribution in [0.1, 0.15) is 0 Å². The van der Waals surface area contributed by atoms with Crippen LogP contribution in [-0.4, -0.2) is 98.6 Å². The van der Waals surface area contributed by atoms with Crippen molar-refractivity contribution in [2.45, 2.75) is 12.1 Å². The fraction of sp³-hybridized carbons (Fsp3) is 0.389. The zero-order chi connectivity index (χ0) is 22.0. The average molecular weight is 456 g/mol. The topological polar surface area (TPSA) is 123 Å². The van der Waals surface area contributed by atoms with Gasteiger partial charge < -0.3 is 14.9 Å². The summed E-state index contributed by atoms with van der Waals surface area (Å²) in [6.45, 7) is -0.120. The Labute approximate surface area is 181 Å². The predicted molar refractivity (Wildman–Crippen MR) is 110 cm³/mol. The van der Waals surface area contributed by atoms with E-state index in [4.69, 9.17) is 21.4 Å². The molecule has 2 heterocycles. The summed E-state index contributed by atoms with van der Waals surface area (Å²) in [5, 5.41) is 20.3. The number of aliphatic imine (C=N–C) groups is 1. The van der Waals surface area contributed by atoms with Crippen LogP contribution in [0.2, 0.25) is 5.02 Å². The van der Waals surface area contributed by atoms with Gasteiger partial charge in [0, 0.05) is 19.1 Å². The van der Waals surface area contributed by atoms with Gasteiger partial charge in [0.15, 0.2) is 0 Å². The summed E-state index contributed by atoms with van der Waals surface area (Å²) < 4.78 is 7.05. The van der Waals surface area contributed by atoms with E-state index in [2.05, 4.69) is 4.99 Å².